The SMILES string of the molecule is CC(CN1CCC(C(=O)c2cccc(OS(=O)(=O)c3cccc(F)c3)c2)CC1)c1ccccc1. The van der Waals surface area contributed by atoms with E-state index in [4.69, 9.17) is 4.18 Å². The van der Waals surface area contributed by atoms with Crippen molar-refractivity contribution in [1.82, 2.24) is 4.90 Å². The second kappa shape index (κ2) is 10.5. The Balaban J connectivity index is 1.36. The second-order valence-electron chi connectivity index (χ2n) is 8.77. The number of Topliss-reactive ketones (excluding diaryl/α,β-unsaturated/α-hetero) is 1. The molecule has 0 saturated carbocycles. The average molecular weight is 482 g/mol. The molecule has 1 aliphatic heterocycles. The van der Waals surface area contributed by atoms with E-state index in [1.54, 1.807) is 12.1 Å². The van der Waals surface area contributed by atoms with E-state index in [0.717, 1.165) is 44.6 Å². The van der Waals surface area contributed by atoms with Crippen LogP contribution in [0.5, 0.6) is 5.75 Å². The van der Waals surface area contributed by atoms with Crippen molar-refractivity contribution in [3.05, 3.63) is 95.8 Å². The third kappa shape index (κ3) is 5.90. The third-order valence-electron chi connectivity index (χ3n) is 6.27. The average Bonchev–Trinajstić information content (AvgIpc) is 2.84. The first-order valence-corrected chi connectivity index (χ1v) is 12.8. The van der Waals surface area contributed by atoms with Crippen LogP contribution >= 0.6 is 0 Å². The van der Waals surface area contributed by atoms with Crippen LogP contribution in [0.4, 0.5) is 4.39 Å². The van der Waals surface area contributed by atoms with Gasteiger partial charge in [0.2, 0.25) is 0 Å². The van der Waals surface area contributed by atoms with Crippen molar-refractivity contribution >= 4 is 15.9 Å². The molecule has 1 saturated heterocycles. The largest absolute Gasteiger partial charge is 0.379 e. The van der Waals surface area contributed by atoms with E-state index in [1.165, 1.54) is 29.8 Å². The predicted molar refractivity (Wildman–Crippen MR) is 129 cm³/mol. The molecule has 4 rings (SSSR count). The molecule has 34 heavy (non-hydrogen) atoms. The van der Waals surface area contributed by atoms with Gasteiger partial charge in [-0.1, -0.05) is 55.5 Å². The highest BCUT2D eigenvalue weighted by atomic mass is 32.2. The summed E-state index contributed by atoms with van der Waals surface area (Å²) in [5.41, 5.74) is 1.73. The highest BCUT2D eigenvalue weighted by Crippen LogP contribution is 2.27. The molecule has 3 aromatic rings. The number of hydrogen-bond donors (Lipinski definition) is 0. The summed E-state index contributed by atoms with van der Waals surface area (Å²) < 4.78 is 43.6. The monoisotopic (exact) mass is 481 g/mol. The maximum atomic E-state index is 13.4. The first kappa shape index (κ1) is 24.1. The summed E-state index contributed by atoms with van der Waals surface area (Å²) in [6.07, 6.45) is 1.51. The number of ketones is 1. The van der Waals surface area contributed by atoms with E-state index in [0.29, 0.717) is 11.5 Å². The number of rotatable bonds is 8. The summed E-state index contributed by atoms with van der Waals surface area (Å²) in [7, 11) is -4.20. The van der Waals surface area contributed by atoms with Crippen molar-refractivity contribution in [2.24, 2.45) is 5.92 Å². The number of carbonyl (C=O) groups excluding carboxylic acids is 1. The molecule has 178 valence electrons. The predicted octanol–water partition coefficient (Wildman–Crippen LogP) is 5.29. The maximum absolute atomic E-state index is 13.4. The number of halogens is 1. The van der Waals surface area contributed by atoms with Gasteiger partial charge in [-0.25, -0.2) is 4.39 Å². The number of carbonyl (C=O) groups is 1. The lowest BCUT2D eigenvalue weighted by molar-refractivity contribution is 0.0836. The van der Waals surface area contributed by atoms with E-state index in [9.17, 15) is 17.6 Å². The first-order chi connectivity index (χ1) is 16.3. The number of likely N-dealkylation sites (tertiary alicyclic amines) is 1. The molecule has 3 aromatic carbocycles. The van der Waals surface area contributed by atoms with Gasteiger partial charge < -0.3 is 9.08 Å². The lowest BCUT2D eigenvalue weighted by Crippen LogP contribution is -2.38. The Hall–Kier alpha value is -3.03. The molecule has 0 N–H and O–H groups in total. The number of piperidine rings is 1. The summed E-state index contributed by atoms with van der Waals surface area (Å²) >= 11 is 0. The van der Waals surface area contributed by atoms with E-state index < -0.39 is 15.9 Å². The van der Waals surface area contributed by atoms with Gasteiger partial charge in [0.1, 0.15) is 16.5 Å². The van der Waals surface area contributed by atoms with Crippen LogP contribution < -0.4 is 4.18 Å². The van der Waals surface area contributed by atoms with Gasteiger partial charge in [0, 0.05) is 18.0 Å². The molecule has 0 aliphatic carbocycles. The summed E-state index contributed by atoms with van der Waals surface area (Å²) in [5.74, 6) is -0.340. The first-order valence-electron chi connectivity index (χ1n) is 11.4. The second-order valence-corrected chi connectivity index (χ2v) is 10.3. The lowest BCUT2D eigenvalue weighted by atomic mass is 9.88. The number of benzene rings is 3. The van der Waals surface area contributed by atoms with Crippen LogP contribution in [0.25, 0.3) is 0 Å². The zero-order valence-corrected chi connectivity index (χ0v) is 19.9. The van der Waals surface area contributed by atoms with Gasteiger partial charge in [0.15, 0.2) is 5.78 Å². The van der Waals surface area contributed by atoms with Crippen molar-refractivity contribution in [2.45, 2.75) is 30.6 Å². The molecule has 1 fully saturated rings. The van der Waals surface area contributed by atoms with Crippen LogP contribution in [0.2, 0.25) is 0 Å². The molecule has 0 amide bonds. The Bertz CT molecular complexity index is 1240. The van der Waals surface area contributed by atoms with E-state index >= 15 is 0 Å². The normalized spacial score (nSPS) is 16.2. The Kier molecular flexibility index (Phi) is 7.44. The Morgan fingerprint density at radius 2 is 1.71 bits per heavy atom. The van der Waals surface area contributed by atoms with Gasteiger partial charge in [0.05, 0.1) is 0 Å². The molecule has 1 unspecified atom stereocenters. The Morgan fingerprint density at radius 1 is 1.00 bits per heavy atom. The minimum absolute atomic E-state index is 0.00985. The van der Waals surface area contributed by atoms with E-state index in [-0.39, 0.29) is 22.3 Å². The van der Waals surface area contributed by atoms with Crippen molar-refractivity contribution in [1.29, 1.82) is 0 Å². The van der Waals surface area contributed by atoms with Gasteiger partial charge >= 0.3 is 10.1 Å². The minimum atomic E-state index is -4.20. The summed E-state index contributed by atoms with van der Waals surface area (Å²) in [6, 6.07) is 21.2. The fraction of sp³-hybridized carbons (Fsp3) is 0.296. The van der Waals surface area contributed by atoms with Gasteiger partial charge in [-0.15, -0.1) is 0 Å². The highest BCUT2D eigenvalue weighted by molar-refractivity contribution is 7.87. The van der Waals surface area contributed by atoms with Gasteiger partial charge in [-0.2, -0.15) is 8.42 Å². The molecule has 1 aliphatic rings. The zero-order valence-electron chi connectivity index (χ0n) is 19.1. The van der Waals surface area contributed by atoms with Crippen LogP contribution in [0.1, 0.15) is 41.6 Å². The fourth-order valence-corrected chi connectivity index (χ4v) is 5.34. The zero-order chi connectivity index (χ0) is 24.1. The van der Waals surface area contributed by atoms with Crippen molar-refractivity contribution in [2.75, 3.05) is 19.6 Å². The van der Waals surface area contributed by atoms with Crippen LogP contribution in [-0.2, 0) is 10.1 Å². The molecule has 7 heteroatoms. The Morgan fingerprint density at radius 3 is 2.41 bits per heavy atom. The molecule has 0 bridgehead atoms. The molecule has 0 aromatic heterocycles. The van der Waals surface area contributed by atoms with Crippen LogP contribution in [0, 0.1) is 11.7 Å². The molecule has 0 spiro atoms. The quantitative estimate of drug-likeness (QED) is 0.323. The third-order valence-corrected chi connectivity index (χ3v) is 7.51. The lowest BCUT2D eigenvalue weighted by Gasteiger charge is -2.33. The number of nitrogens with zero attached hydrogens (tertiary/aromatic N) is 1. The smallest absolute Gasteiger partial charge is 0.339 e. The highest BCUT2D eigenvalue weighted by Gasteiger charge is 2.27. The fourth-order valence-electron chi connectivity index (χ4n) is 4.39. The topological polar surface area (TPSA) is 63.7 Å². The van der Waals surface area contributed by atoms with Gasteiger partial charge in [0.25, 0.3) is 0 Å². The molecule has 5 nitrogen and oxygen atoms in total. The van der Waals surface area contributed by atoms with Gasteiger partial charge in [-0.05, 0) is 67.7 Å². The van der Waals surface area contributed by atoms with Crippen LogP contribution in [0.15, 0.2) is 83.8 Å². The maximum Gasteiger partial charge on any atom is 0.339 e. The minimum Gasteiger partial charge on any atom is -0.379 e. The summed E-state index contributed by atoms with van der Waals surface area (Å²) in [6.45, 7) is 4.86. The molecule has 0 radical (unpaired) electrons. The number of hydrogen-bond acceptors (Lipinski definition) is 5. The molecular formula is C27H28FNO4S. The Labute approximate surface area is 200 Å². The summed E-state index contributed by atoms with van der Waals surface area (Å²) in [4.78, 5) is 15.2. The van der Waals surface area contributed by atoms with Gasteiger partial charge in [-0.3, -0.25) is 4.79 Å². The van der Waals surface area contributed by atoms with Crippen LogP contribution in [0.3, 0.4) is 0 Å². The molecule has 1 heterocycles. The van der Waals surface area contributed by atoms with Crippen LogP contribution in [-0.4, -0.2) is 38.7 Å². The van der Waals surface area contributed by atoms with Crippen molar-refractivity contribution in [3.8, 4) is 5.75 Å². The summed E-state index contributed by atoms with van der Waals surface area (Å²) in [5, 5.41) is 0. The van der Waals surface area contributed by atoms with E-state index in [2.05, 4.69) is 36.1 Å². The molecular weight excluding hydrogens is 453 g/mol. The standard InChI is InChI=1S/C27H28FNO4S/c1-20(21-7-3-2-4-8-21)19-29-15-13-22(14-16-29)27(30)23-9-5-11-25(17-23)33-34(31,32)26-12-6-10-24(28)18-26/h2-12,17-18,20,22H,13-16,19H2,1H3. The van der Waals surface area contributed by atoms with E-state index in [1.807, 2.05) is 6.07 Å². The van der Waals surface area contributed by atoms with Crippen molar-refractivity contribution < 1.29 is 21.8 Å². The van der Waals surface area contributed by atoms with Crippen molar-refractivity contribution in [3.63, 3.8) is 0 Å². The molecule has 1 atom stereocenters.